The highest BCUT2D eigenvalue weighted by Crippen LogP contribution is 2.55. The third kappa shape index (κ3) is 7.33. The Hall–Kier alpha value is -3.43. The van der Waals surface area contributed by atoms with Gasteiger partial charge in [0.15, 0.2) is 0 Å². The van der Waals surface area contributed by atoms with E-state index < -0.39 is 22.6 Å². The Bertz CT molecular complexity index is 1110. The number of Topliss-reactive ketones (excluding diaryl/α,β-unsaturated/α-hetero) is 1. The Morgan fingerprint density at radius 2 is 1.92 bits per heavy atom. The smallest absolute Gasteiger partial charge is 0.336 e. The number of hydrogen-bond acceptors (Lipinski definition) is 8. The summed E-state index contributed by atoms with van der Waals surface area (Å²) in [7, 11) is 0. The van der Waals surface area contributed by atoms with Crippen molar-refractivity contribution in [2.75, 3.05) is 6.61 Å². The van der Waals surface area contributed by atoms with Gasteiger partial charge in [-0.25, -0.2) is 9.59 Å². The minimum absolute atomic E-state index is 0.0675. The molecule has 0 aromatic heterocycles. The molecule has 0 bridgehead atoms. The zero-order chi connectivity index (χ0) is 28.1. The number of nitrogens with zero attached hydrogens (tertiary/aromatic N) is 1. The van der Waals surface area contributed by atoms with Crippen LogP contribution in [0.1, 0.15) is 96.1 Å². The molecule has 0 unspecified atom stereocenters. The largest absolute Gasteiger partial charge is 0.487 e. The lowest BCUT2D eigenvalue weighted by Gasteiger charge is -2.47. The van der Waals surface area contributed by atoms with Gasteiger partial charge in [-0.3, -0.25) is 4.79 Å². The zero-order valence-corrected chi connectivity index (χ0v) is 22.5. The summed E-state index contributed by atoms with van der Waals surface area (Å²) in [5, 5.41) is 18.4. The van der Waals surface area contributed by atoms with Crippen molar-refractivity contribution in [1.29, 1.82) is 0 Å². The Morgan fingerprint density at radius 3 is 2.61 bits per heavy atom. The van der Waals surface area contributed by atoms with Crippen LogP contribution in [0.2, 0.25) is 0 Å². The molecular weight excluding hydrogens is 494 g/mol. The molecule has 0 radical (unpaired) electrons. The average Bonchev–Trinajstić information content (AvgIpc) is 2.81. The molecule has 38 heavy (non-hydrogen) atoms. The number of ether oxygens (including phenoxy) is 2. The maximum absolute atomic E-state index is 12.5. The van der Waals surface area contributed by atoms with Crippen LogP contribution in [0.25, 0.3) is 0 Å². The van der Waals surface area contributed by atoms with Crippen LogP contribution in [0.3, 0.4) is 0 Å². The van der Waals surface area contributed by atoms with E-state index in [9.17, 15) is 24.5 Å². The molecule has 2 atom stereocenters. The van der Waals surface area contributed by atoms with E-state index in [4.69, 9.17) is 14.6 Å². The molecule has 1 aromatic rings. The number of carbonyl (C=O) groups excluding carboxylic acids is 2. The summed E-state index contributed by atoms with van der Waals surface area (Å²) in [5.74, 6) is -1.14. The number of carboxylic acids is 1. The van der Waals surface area contributed by atoms with Gasteiger partial charge in [0.2, 0.25) is 0 Å². The summed E-state index contributed by atoms with van der Waals surface area (Å²) in [6.07, 6.45) is 7.08. The number of aliphatic carboxylic acids is 1. The number of fused-ring (bicyclic) bond motifs is 3. The van der Waals surface area contributed by atoms with Crippen molar-refractivity contribution < 1.29 is 38.9 Å². The number of ketones is 1. The van der Waals surface area contributed by atoms with Crippen LogP contribution in [0, 0.1) is 16.0 Å². The molecule has 0 amide bonds. The van der Waals surface area contributed by atoms with Crippen LogP contribution in [-0.4, -0.2) is 40.1 Å². The number of benzene rings is 1. The van der Waals surface area contributed by atoms with Crippen LogP contribution in [0.5, 0.6) is 11.5 Å². The third-order valence-electron chi connectivity index (χ3n) is 7.66. The van der Waals surface area contributed by atoms with E-state index in [1.807, 2.05) is 26.0 Å². The molecule has 208 valence electrons. The maximum Gasteiger partial charge on any atom is 0.336 e. The summed E-state index contributed by atoms with van der Waals surface area (Å²) >= 11 is 0. The minimum Gasteiger partial charge on any atom is -0.487 e. The summed E-state index contributed by atoms with van der Waals surface area (Å²) in [5.41, 5.74) is 0.744. The van der Waals surface area contributed by atoms with E-state index in [0.29, 0.717) is 42.7 Å². The Labute approximate surface area is 222 Å². The van der Waals surface area contributed by atoms with Crippen LogP contribution < -0.4 is 9.47 Å². The van der Waals surface area contributed by atoms with Crippen molar-refractivity contribution in [3.05, 3.63) is 45.5 Å². The molecule has 1 aliphatic heterocycles. The van der Waals surface area contributed by atoms with E-state index in [0.717, 1.165) is 43.4 Å². The normalized spacial score (nSPS) is 20.3. The van der Waals surface area contributed by atoms with E-state index >= 15 is 0 Å². The van der Waals surface area contributed by atoms with Crippen molar-refractivity contribution in [2.24, 2.45) is 5.92 Å². The van der Waals surface area contributed by atoms with Crippen LogP contribution in [0.4, 0.5) is 0 Å². The van der Waals surface area contributed by atoms with Crippen molar-refractivity contribution in [2.45, 2.75) is 96.0 Å². The molecule has 1 heterocycles. The Morgan fingerprint density at radius 1 is 1.21 bits per heavy atom. The third-order valence-corrected chi connectivity index (χ3v) is 7.66. The van der Waals surface area contributed by atoms with Gasteiger partial charge in [-0.2, -0.15) is 0 Å². The highest BCUT2D eigenvalue weighted by molar-refractivity contribution is 5.92. The van der Waals surface area contributed by atoms with Gasteiger partial charge >= 0.3 is 11.9 Å². The molecule has 10 nitrogen and oxygen atoms in total. The topological polar surface area (TPSA) is 142 Å². The second kappa shape index (κ2) is 12.0. The molecule has 2 aliphatic rings. The minimum atomic E-state index is -1.26. The summed E-state index contributed by atoms with van der Waals surface area (Å²) in [6, 6.07) is 3.79. The van der Waals surface area contributed by atoms with Crippen molar-refractivity contribution in [3.63, 3.8) is 0 Å². The Balaban J connectivity index is 1.89. The van der Waals surface area contributed by atoms with Gasteiger partial charge in [0.1, 0.15) is 22.9 Å². The van der Waals surface area contributed by atoms with E-state index in [1.54, 1.807) is 0 Å². The van der Waals surface area contributed by atoms with Gasteiger partial charge in [0.25, 0.3) is 5.09 Å². The molecule has 1 N–H and O–H groups in total. The van der Waals surface area contributed by atoms with Gasteiger partial charge in [0.05, 0.1) is 6.61 Å². The predicted octanol–water partition coefficient (Wildman–Crippen LogP) is 5.29. The number of rotatable bonds is 12. The predicted molar refractivity (Wildman–Crippen MR) is 138 cm³/mol. The first-order chi connectivity index (χ1) is 17.8. The number of esters is 1. The molecule has 10 heteroatoms. The first-order valence-electron chi connectivity index (χ1n) is 13.1. The molecule has 1 aliphatic carbocycles. The van der Waals surface area contributed by atoms with Crippen LogP contribution in [-0.2, 0) is 24.6 Å². The van der Waals surface area contributed by atoms with Gasteiger partial charge in [0, 0.05) is 42.4 Å². The van der Waals surface area contributed by atoms with Gasteiger partial charge in [-0.1, -0.05) is 33.1 Å². The second-order valence-electron chi connectivity index (χ2n) is 11.3. The van der Waals surface area contributed by atoms with Crippen molar-refractivity contribution >= 4 is 17.7 Å². The number of carboxylic acid groups (broad SMARTS) is 1. The number of unbranched alkanes of at least 4 members (excludes halogenated alkanes) is 3. The Kier molecular flexibility index (Phi) is 9.17. The first kappa shape index (κ1) is 29.1. The maximum atomic E-state index is 12.5. The fourth-order valence-electron chi connectivity index (χ4n) is 5.62. The zero-order valence-electron chi connectivity index (χ0n) is 22.5. The van der Waals surface area contributed by atoms with E-state index in [-0.39, 0.29) is 29.6 Å². The summed E-state index contributed by atoms with van der Waals surface area (Å²) in [6.45, 7) is 8.29. The molecule has 0 saturated heterocycles. The summed E-state index contributed by atoms with van der Waals surface area (Å²) < 4.78 is 12.2. The van der Waals surface area contributed by atoms with Gasteiger partial charge in [-0.15, -0.1) is 10.1 Å². The van der Waals surface area contributed by atoms with Crippen LogP contribution >= 0.6 is 0 Å². The number of hydrogen-bond donors (Lipinski definition) is 1. The van der Waals surface area contributed by atoms with Crippen molar-refractivity contribution in [3.8, 4) is 11.5 Å². The molecular formula is C28H37NO9. The standard InChI is InChI=1S/C28H37NO9/c1-27(2,13-7-5-6-8-14-36-29(34)35)18-15-22(37-25(33)12-11-24(31)32)26-20-17-19(30)9-10-21(20)28(3,4)38-23(26)16-18/h11-12,15-16,20-21H,5-10,13-14,17H2,1-4H3,(H,31,32)/b12-11-/t20-,21+/m1/s1. The lowest BCUT2D eigenvalue weighted by atomic mass is 9.66. The van der Waals surface area contributed by atoms with Crippen LogP contribution in [0.15, 0.2) is 24.3 Å². The number of carbonyl (C=O) groups is 3. The molecule has 0 spiro atoms. The van der Waals surface area contributed by atoms with E-state index in [1.165, 1.54) is 0 Å². The molecule has 1 fully saturated rings. The molecule has 1 saturated carbocycles. The highest BCUT2D eigenvalue weighted by atomic mass is 16.9. The molecule has 3 rings (SSSR count). The fourth-order valence-corrected chi connectivity index (χ4v) is 5.62. The monoisotopic (exact) mass is 531 g/mol. The second-order valence-corrected chi connectivity index (χ2v) is 11.3. The molecule has 1 aromatic carbocycles. The lowest BCUT2D eigenvalue weighted by molar-refractivity contribution is -0.757. The quantitative estimate of drug-likeness (QED) is 0.0950. The van der Waals surface area contributed by atoms with E-state index in [2.05, 4.69) is 18.7 Å². The fraction of sp³-hybridized carbons (Fsp3) is 0.607. The average molecular weight is 532 g/mol. The van der Waals surface area contributed by atoms with Gasteiger partial charge in [-0.05, 0) is 56.2 Å². The van der Waals surface area contributed by atoms with Crippen molar-refractivity contribution in [1.82, 2.24) is 0 Å². The summed E-state index contributed by atoms with van der Waals surface area (Å²) in [4.78, 5) is 50.5. The first-order valence-corrected chi connectivity index (χ1v) is 13.1. The highest BCUT2D eigenvalue weighted by Gasteiger charge is 2.48. The lowest BCUT2D eigenvalue weighted by Crippen LogP contribution is -2.47. The van der Waals surface area contributed by atoms with Gasteiger partial charge < -0.3 is 19.4 Å². The SMILES string of the molecule is CC(C)(CCCCCCO[N+](=O)[O-])c1cc(OC(=O)/C=C\C(=O)O)c2c(c1)OC(C)(C)[C@H]1CCC(=O)C[C@@H]21.